The number of ether oxygens (including phenoxy) is 1. The van der Waals surface area contributed by atoms with E-state index in [1.165, 1.54) is 0 Å². The fraction of sp³-hybridized carbons (Fsp3) is 0.531. The van der Waals surface area contributed by atoms with Crippen LogP contribution in [0, 0.1) is 22.7 Å². The number of para-hydroxylation sites is 1. The summed E-state index contributed by atoms with van der Waals surface area (Å²) in [6.45, 7) is 17.5. The summed E-state index contributed by atoms with van der Waals surface area (Å²) in [6.07, 6.45) is 0.520. The topological polar surface area (TPSA) is 107 Å². The maximum Gasteiger partial charge on any atom is 0.407 e. The van der Waals surface area contributed by atoms with Crippen molar-refractivity contribution in [3.05, 3.63) is 58.7 Å². The molecule has 0 spiro atoms. The standard InChI is InChI=1S/C32H45FN4O3Si/c1-10-16-32(9,33)41(22(2)3,23(4)5)40-29-25(19-35)12-11-13-26(29)20-36-28-15-14-24(18-34)27(17-28)21-37-30(38)39-31(6,7)8/h11-15,17,22-23,36H,10,16,20-21H2,1-9H3,(H,37,38). The lowest BCUT2D eigenvalue weighted by atomic mass is 10.1. The summed E-state index contributed by atoms with van der Waals surface area (Å²) < 4.78 is 28.7. The number of alkyl halides is 1. The maximum atomic E-state index is 16.5. The first-order valence-corrected chi connectivity index (χ1v) is 16.3. The summed E-state index contributed by atoms with van der Waals surface area (Å²) in [6, 6.07) is 15.1. The predicted octanol–water partition coefficient (Wildman–Crippen LogP) is 8.28. The molecule has 0 aliphatic heterocycles. The highest BCUT2D eigenvalue weighted by atomic mass is 28.4. The molecule has 2 aromatic carbocycles. The molecule has 0 radical (unpaired) electrons. The molecule has 1 atom stereocenters. The number of halogens is 1. The minimum Gasteiger partial charge on any atom is -0.539 e. The van der Waals surface area contributed by atoms with Crippen molar-refractivity contribution in [2.24, 2.45) is 0 Å². The summed E-state index contributed by atoms with van der Waals surface area (Å²) in [5.41, 5.74) is 2.20. The molecule has 0 saturated carbocycles. The monoisotopic (exact) mass is 580 g/mol. The molecule has 222 valence electrons. The van der Waals surface area contributed by atoms with Gasteiger partial charge in [0.25, 0.3) is 8.32 Å². The van der Waals surface area contributed by atoms with Crippen molar-refractivity contribution >= 4 is 20.1 Å². The van der Waals surface area contributed by atoms with Gasteiger partial charge in [-0.25, -0.2) is 9.18 Å². The molecular weight excluding hydrogens is 535 g/mol. The molecule has 9 heteroatoms. The third-order valence-electron chi connectivity index (χ3n) is 7.27. The Hall–Kier alpha value is -3.56. The second kappa shape index (κ2) is 13.9. The van der Waals surface area contributed by atoms with Crippen molar-refractivity contribution in [1.29, 1.82) is 10.5 Å². The van der Waals surface area contributed by atoms with Crippen LogP contribution in [0.15, 0.2) is 36.4 Å². The summed E-state index contributed by atoms with van der Waals surface area (Å²) in [5, 5.41) is 24.1. The van der Waals surface area contributed by atoms with Gasteiger partial charge in [0.05, 0.1) is 17.2 Å². The lowest BCUT2D eigenvalue weighted by molar-refractivity contribution is 0.0523. The van der Waals surface area contributed by atoms with Crippen LogP contribution >= 0.6 is 0 Å². The number of amides is 1. The zero-order chi connectivity index (χ0) is 31.0. The minimum absolute atomic E-state index is 0.0323. The third kappa shape index (κ3) is 8.24. The van der Waals surface area contributed by atoms with E-state index in [1.54, 1.807) is 58.0 Å². The second-order valence-corrected chi connectivity index (χ2v) is 17.4. The second-order valence-electron chi connectivity index (χ2n) is 12.3. The first-order chi connectivity index (χ1) is 19.1. The van der Waals surface area contributed by atoms with Crippen LogP contribution in [-0.4, -0.2) is 25.3 Å². The number of anilines is 1. The predicted molar refractivity (Wildman–Crippen MR) is 164 cm³/mol. The van der Waals surface area contributed by atoms with Gasteiger partial charge in [-0.1, -0.05) is 53.2 Å². The molecule has 0 aliphatic rings. The quantitative estimate of drug-likeness (QED) is 0.245. The van der Waals surface area contributed by atoms with Gasteiger partial charge in [0.1, 0.15) is 22.7 Å². The maximum absolute atomic E-state index is 16.5. The molecular formula is C32H45FN4O3Si. The Balaban J connectivity index is 2.41. The van der Waals surface area contributed by atoms with Crippen molar-refractivity contribution in [3.8, 4) is 17.9 Å². The Labute approximate surface area is 246 Å². The SMILES string of the molecule is CCCC(C)(F)[Si](Oc1c(C#N)cccc1CNc1ccc(C#N)c(CNC(=O)OC(C)(C)C)c1)(C(C)C)C(C)C. The number of nitrogens with zero attached hydrogens (tertiary/aromatic N) is 2. The van der Waals surface area contributed by atoms with E-state index >= 15 is 4.39 Å². The molecule has 41 heavy (non-hydrogen) atoms. The number of nitriles is 2. The van der Waals surface area contributed by atoms with Gasteiger partial charge in [-0.15, -0.1) is 0 Å². The fourth-order valence-corrected chi connectivity index (χ4v) is 11.3. The lowest BCUT2D eigenvalue weighted by Gasteiger charge is -2.47. The van der Waals surface area contributed by atoms with Gasteiger partial charge in [-0.05, 0) is 75.0 Å². The molecule has 0 aliphatic carbocycles. The van der Waals surface area contributed by atoms with Crippen LogP contribution in [0.1, 0.15) is 97.4 Å². The van der Waals surface area contributed by atoms with E-state index in [1.807, 2.05) is 40.7 Å². The molecule has 1 amide bonds. The van der Waals surface area contributed by atoms with Gasteiger partial charge in [0.2, 0.25) is 0 Å². The van der Waals surface area contributed by atoms with E-state index in [9.17, 15) is 15.3 Å². The average Bonchev–Trinajstić information content (AvgIpc) is 2.87. The van der Waals surface area contributed by atoms with Gasteiger partial charge in [0.15, 0.2) is 0 Å². The lowest BCUT2D eigenvalue weighted by Crippen LogP contribution is -2.63. The fourth-order valence-electron chi connectivity index (χ4n) is 5.62. The molecule has 2 N–H and O–H groups in total. The summed E-state index contributed by atoms with van der Waals surface area (Å²) >= 11 is 0. The Bertz CT molecular complexity index is 1280. The molecule has 0 aromatic heterocycles. The Morgan fingerprint density at radius 3 is 2.15 bits per heavy atom. The van der Waals surface area contributed by atoms with E-state index < -0.39 is 25.3 Å². The van der Waals surface area contributed by atoms with Crippen molar-refractivity contribution < 1.29 is 18.3 Å². The average molecular weight is 581 g/mol. The first-order valence-electron chi connectivity index (χ1n) is 14.3. The third-order valence-corrected chi connectivity index (χ3v) is 13.1. The van der Waals surface area contributed by atoms with Crippen LogP contribution in [0.3, 0.4) is 0 Å². The largest absolute Gasteiger partial charge is 0.539 e. The molecule has 7 nitrogen and oxygen atoms in total. The molecule has 1 unspecified atom stereocenters. The number of rotatable bonds is 12. The van der Waals surface area contributed by atoms with Crippen molar-refractivity contribution in [2.45, 2.75) is 110 Å². The van der Waals surface area contributed by atoms with Crippen LogP contribution in [0.2, 0.25) is 11.1 Å². The normalized spacial score (nSPS) is 13.2. The zero-order valence-corrected chi connectivity index (χ0v) is 26.9. The Kier molecular flexibility index (Phi) is 11.4. The van der Waals surface area contributed by atoms with Gasteiger partial charge in [0, 0.05) is 24.3 Å². The summed E-state index contributed by atoms with van der Waals surface area (Å²) in [5.74, 6) is 0.428. The van der Waals surface area contributed by atoms with Gasteiger partial charge in [-0.2, -0.15) is 10.5 Å². The Morgan fingerprint density at radius 2 is 1.61 bits per heavy atom. The molecule has 0 heterocycles. The highest BCUT2D eigenvalue weighted by Gasteiger charge is 2.59. The van der Waals surface area contributed by atoms with E-state index in [2.05, 4.69) is 22.8 Å². The van der Waals surface area contributed by atoms with Crippen LogP contribution in [-0.2, 0) is 17.8 Å². The zero-order valence-electron chi connectivity index (χ0n) is 25.9. The van der Waals surface area contributed by atoms with Crippen LogP contribution in [0.25, 0.3) is 0 Å². The van der Waals surface area contributed by atoms with Gasteiger partial charge >= 0.3 is 6.09 Å². The number of alkyl carbamates (subject to hydrolysis) is 1. The molecule has 0 fully saturated rings. The summed E-state index contributed by atoms with van der Waals surface area (Å²) in [4.78, 5) is 12.2. The molecule has 0 saturated heterocycles. The first kappa shape index (κ1) is 33.6. The van der Waals surface area contributed by atoms with Crippen LogP contribution < -0.4 is 15.1 Å². The van der Waals surface area contributed by atoms with E-state index in [-0.39, 0.29) is 17.6 Å². The van der Waals surface area contributed by atoms with Crippen molar-refractivity contribution in [2.75, 3.05) is 5.32 Å². The molecule has 0 bridgehead atoms. The number of benzene rings is 2. The summed E-state index contributed by atoms with van der Waals surface area (Å²) in [7, 11) is -3.12. The number of hydrogen-bond acceptors (Lipinski definition) is 6. The minimum atomic E-state index is -3.12. The van der Waals surface area contributed by atoms with Crippen molar-refractivity contribution in [1.82, 2.24) is 5.32 Å². The van der Waals surface area contributed by atoms with E-state index in [4.69, 9.17) is 9.16 Å². The van der Waals surface area contributed by atoms with Gasteiger partial charge < -0.3 is 19.8 Å². The highest BCUT2D eigenvalue weighted by molar-refractivity contribution is 6.79. The highest BCUT2D eigenvalue weighted by Crippen LogP contribution is 2.47. The number of hydrogen-bond donors (Lipinski definition) is 2. The van der Waals surface area contributed by atoms with Crippen molar-refractivity contribution in [3.63, 3.8) is 0 Å². The van der Waals surface area contributed by atoms with Gasteiger partial charge in [-0.3, -0.25) is 0 Å². The molecule has 2 rings (SSSR count). The van der Waals surface area contributed by atoms with Crippen LogP contribution in [0.5, 0.6) is 5.75 Å². The number of carbonyl (C=O) groups is 1. The van der Waals surface area contributed by atoms with E-state index in [0.717, 1.165) is 11.3 Å². The Morgan fingerprint density at radius 1 is 0.976 bits per heavy atom. The van der Waals surface area contributed by atoms with Crippen LogP contribution in [0.4, 0.5) is 14.9 Å². The number of nitrogens with one attached hydrogen (secondary N) is 2. The van der Waals surface area contributed by atoms with E-state index in [0.29, 0.717) is 41.8 Å². The number of carbonyl (C=O) groups excluding carboxylic acids is 1. The molecule has 2 aromatic rings. The smallest absolute Gasteiger partial charge is 0.407 e.